The number of aromatic nitrogens is 1. The van der Waals surface area contributed by atoms with E-state index in [1.165, 1.54) is 5.56 Å². The van der Waals surface area contributed by atoms with E-state index < -0.39 is 0 Å². The Morgan fingerprint density at radius 1 is 1.44 bits per heavy atom. The van der Waals surface area contributed by atoms with Gasteiger partial charge in [0, 0.05) is 18.8 Å². The highest BCUT2D eigenvalue weighted by Crippen LogP contribution is 2.19. The van der Waals surface area contributed by atoms with E-state index in [0.29, 0.717) is 0 Å². The van der Waals surface area contributed by atoms with Crippen LogP contribution in [-0.4, -0.2) is 19.1 Å². The molecule has 1 aromatic heterocycles. The molecule has 0 saturated heterocycles. The van der Waals surface area contributed by atoms with Crippen molar-refractivity contribution in [2.45, 2.75) is 6.42 Å². The Kier molecular flexibility index (Phi) is 3.41. The van der Waals surface area contributed by atoms with E-state index >= 15 is 0 Å². The molecule has 84 valence electrons. The van der Waals surface area contributed by atoms with Crippen LogP contribution in [0, 0.1) is 0 Å². The number of anilines is 1. The van der Waals surface area contributed by atoms with Crippen molar-refractivity contribution in [3.05, 3.63) is 40.9 Å². The van der Waals surface area contributed by atoms with Gasteiger partial charge >= 0.3 is 0 Å². The molecule has 4 heteroatoms. The van der Waals surface area contributed by atoms with Crippen LogP contribution in [0.5, 0.6) is 5.75 Å². The van der Waals surface area contributed by atoms with E-state index in [1.807, 2.05) is 25.2 Å². The summed E-state index contributed by atoms with van der Waals surface area (Å²) in [4.78, 5) is 4.45. The van der Waals surface area contributed by atoms with Crippen LogP contribution >= 0.6 is 11.3 Å². The van der Waals surface area contributed by atoms with Gasteiger partial charge < -0.3 is 10.1 Å². The lowest BCUT2D eigenvalue weighted by Crippen LogP contribution is -1.91. The van der Waals surface area contributed by atoms with Crippen LogP contribution < -0.4 is 10.1 Å². The third-order valence-corrected chi connectivity index (χ3v) is 3.19. The molecule has 2 aromatic rings. The largest absolute Gasteiger partial charge is 0.497 e. The lowest BCUT2D eigenvalue weighted by atomic mass is 10.1. The number of rotatable bonds is 4. The minimum Gasteiger partial charge on any atom is -0.497 e. The first-order chi connectivity index (χ1) is 7.81. The van der Waals surface area contributed by atoms with E-state index in [9.17, 15) is 0 Å². The van der Waals surface area contributed by atoms with Gasteiger partial charge in [-0.15, -0.1) is 11.3 Å². The first kappa shape index (κ1) is 11.0. The topological polar surface area (TPSA) is 34.2 Å². The van der Waals surface area contributed by atoms with Gasteiger partial charge in [-0.05, 0) is 17.7 Å². The Hall–Kier alpha value is -1.55. The molecule has 0 saturated carbocycles. The van der Waals surface area contributed by atoms with Crippen LogP contribution in [0.15, 0.2) is 29.6 Å². The summed E-state index contributed by atoms with van der Waals surface area (Å²) in [5.41, 5.74) is 2.30. The number of nitrogens with zero attached hydrogens (tertiary/aromatic N) is 1. The third kappa shape index (κ3) is 2.52. The van der Waals surface area contributed by atoms with Crippen molar-refractivity contribution >= 4 is 16.5 Å². The molecule has 0 spiro atoms. The fourth-order valence-corrected chi connectivity index (χ4v) is 2.17. The average molecular weight is 234 g/mol. The maximum absolute atomic E-state index is 5.19. The maximum Gasteiger partial charge on any atom is 0.182 e. The molecule has 0 aliphatic rings. The van der Waals surface area contributed by atoms with Crippen molar-refractivity contribution in [3.63, 3.8) is 0 Å². The highest BCUT2D eigenvalue weighted by atomic mass is 32.1. The molecular weight excluding hydrogens is 220 g/mol. The van der Waals surface area contributed by atoms with Gasteiger partial charge in [0.25, 0.3) is 0 Å². The molecule has 1 aromatic carbocycles. The smallest absolute Gasteiger partial charge is 0.182 e. The van der Waals surface area contributed by atoms with Gasteiger partial charge in [-0.3, -0.25) is 0 Å². The Morgan fingerprint density at radius 3 is 3.00 bits per heavy atom. The summed E-state index contributed by atoms with van der Waals surface area (Å²) in [6.07, 6.45) is 0.843. The van der Waals surface area contributed by atoms with E-state index in [4.69, 9.17) is 4.74 Å². The van der Waals surface area contributed by atoms with Gasteiger partial charge in [-0.1, -0.05) is 12.1 Å². The molecule has 3 nitrogen and oxygen atoms in total. The van der Waals surface area contributed by atoms with Crippen LogP contribution in [0.25, 0.3) is 0 Å². The predicted octanol–water partition coefficient (Wildman–Crippen LogP) is 2.78. The molecular formula is C12H14N2OS. The summed E-state index contributed by atoms with van der Waals surface area (Å²) >= 11 is 1.63. The highest BCUT2D eigenvalue weighted by molar-refractivity contribution is 7.13. The lowest BCUT2D eigenvalue weighted by molar-refractivity contribution is 0.414. The van der Waals surface area contributed by atoms with Crippen LogP contribution in [0.4, 0.5) is 5.13 Å². The molecule has 16 heavy (non-hydrogen) atoms. The number of hydrogen-bond donors (Lipinski definition) is 1. The maximum atomic E-state index is 5.19. The molecule has 0 aliphatic carbocycles. The molecule has 1 heterocycles. The summed E-state index contributed by atoms with van der Waals surface area (Å²) in [7, 11) is 3.56. The van der Waals surface area contributed by atoms with Crippen LogP contribution in [0.3, 0.4) is 0 Å². The summed E-state index contributed by atoms with van der Waals surface area (Å²) in [6, 6.07) is 8.07. The fraction of sp³-hybridized carbons (Fsp3) is 0.250. The first-order valence-corrected chi connectivity index (χ1v) is 5.95. The second-order valence-corrected chi connectivity index (χ2v) is 4.28. The average Bonchev–Trinajstić information content (AvgIpc) is 2.77. The molecule has 0 unspecified atom stereocenters. The number of benzene rings is 1. The standard InChI is InChI=1S/C12H14N2OS/c1-13-12-14-10(8-16-12)6-9-4-3-5-11(7-9)15-2/h3-5,7-8H,6H2,1-2H3,(H,13,14). The lowest BCUT2D eigenvalue weighted by Gasteiger charge is -2.02. The minimum atomic E-state index is 0.843. The van der Waals surface area contributed by atoms with Crippen molar-refractivity contribution in [2.24, 2.45) is 0 Å². The Bertz CT molecular complexity index is 468. The molecule has 0 radical (unpaired) electrons. The second kappa shape index (κ2) is 4.99. The highest BCUT2D eigenvalue weighted by Gasteiger charge is 2.02. The second-order valence-electron chi connectivity index (χ2n) is 3.42. The quantitative estimate of drug-likeness (QED) is 0.883. The molecule has 0 atom stereocenters. The van der Waals surface area contributed by atoms with Crippen molar-refractivity contribution in [1.29, 1.82) is 0 Å². The zero-order valence-electron chi connectivity index (χ0n) is 9.36. The van der Waals surface area contributed by atoms with Crippen molar-refractivity contribution in [3.8, 4) is 5.75 Å². The van der Waals surface area contributed by atoms with E-state index in [0.717, 1.165) is 23.0 Å². The number of hydrogen-bond acceptors (Lipinski definition) is 4. The van der Waals surface area contributed by atoms with Gasteiger partial charge in [0.15, 0.2) is 5.13 Å². The number of thiazole rings is 1. The molecule has 2 rings (SSSR count). The number of nitrogens with one attached hydrogen (secondary N) is 1. The summed E-state index contributed by atoms with van der Waals surface area (Å²) < 4.78 is 5.19. The molecule has 0 fully saturated rings. The van der Waals surface area contributed by atoms with Crippen molar-refractivity contribution in [1.82, 2.24) is 4.98 Å². The molecule has 0 bridgehead atoms. The van der Waals surface area contributed by atoms with Gasteiger partial charge in [0.1, 0.15) is 5.75 Å². The van der Waals surface area contributed by atoms with E-state index in [1.54, 1.807) is 18.4 Å². The minimum absolute atomic E-state index is 0.843. The monoisotopic (exact) mass is 234 g/mol. The molecule has 1 N–H and O–H groups in total. The molecule has 0 aliphatic heterocycles. The zero-order valence-corrected chi connectivity index (χ0v) is 10.2. The van der Waals surface area contributed by atoms with Crippen molar-refractivity contribution in [2.75, 3.05) is 19.5 Å². The van der Waals surface area contributed by atoms with Gasteiger partial charge in [-0.25, -0.2) is 4.98 Å². The SMILES string of the molecule is CNc1nc(Cc2cccc(OC)c2)cs1. The van der Waals surface area contributed by atoms with Gasteiger partial charge in [-0.2, -0.15) is 0 Å². The number of ether oxygens (including phenoxy) is 1. The number of methoxy groups -OCH3 is 1. The Morgan fingerprint density at radius 2 is 2.31 bits per heavy atom. The summed E-state index contributed by atoms with van der Waals surface area (Å²) in [5.74, 6) is 0.890. The Labute approximate surface area is 99.1 Å². The van der Waals surface area contributed by atoms with E-state index in [2.05, 4.69) is 21.7 Å². The zero-order chi connectivity index (χ0) is 11.4. The van der Waals surface area contributed by atoms with Crippen molar-refractivity contribution < 1.29 is 4.74 Å². The van der Waals surface area contributed by atoms with Gasteiger partial charge in [0.2, 0.25) is 0 Å². The van der Waals surface area contributed by atoms with Gasteiger partial charge in [0.05, 0.1) is 12.8 Å². The summed E-state index contributed by atoms with van der Waals surface area (Å²) in [6.45, 7) is 0. The van der Waals surface area contributed by atoms with Crippen LogP contribution in [-0.2, 0) is 6.42 Å². The summed E-state index contributed by atoms with van der Waals surface area (Å²) in [5, 5.41) is 6.07. The molecule has 0 amide bonds. The Balaban J connectivity index is 2.13. The van der Waals surface area contributed by atoms with Crippen LogP contribution in [0.2, 0.25) is 0 Å². The third-order valence-electron chi connectivity index (χ3n) is 2.29. The fourth-order valence-electron chi connectivity index (χ4n) is 1.49. The van der Waals surface area contributed by atoms with E-state index in [-0.39, 0.29) is 0 Å². The normalized spacial score (nSPS) is 10.1. The predicted molar refractivity (Wildman–Crippen MR) is 67.5 cm³/mol. The van der Waals surface area contributed by atoms with Crippen LogP contribution in [0.1, 0.15) is 11.3 Å². The first-order valence-electron chi connectivity index (χ1n) is 5.07.